The van der Waals surface area contributed by atoms with Gasteiger partial charge in [0.1, 0.15) is 5.65 Å². The normalized spacial score (nSPS) is 19.4. The highest BCUT2D eigenvalue weighted by Gasteiger charge is 2.24. The van der Waals surface area contributed by atoms with Gasteiger partial charge in [-0.25, -0.2) is 4.98 Å². The lowest BCUT2D eigenvalue weighted by molar-refractivity contribution is 0.178. The monoisotopic (exact) mass is 298 g/mol. The molecule has 0 aromatic carbocycles. The largest absolute Gasteiger partial charge is 0.370 e. The molecule has 0 aliphatic carbocycles. The van der Waals surface area contributed by atoms with Crippen molar-refractivity contribution in [2.75, 3.05) is 24.5 Å². The van der Waals surface area contributed by atoms with Gasteiger partial charge in [-0.1, -0.05) is 0 Å². The first kappa shape index (κ1) is 14.1. The van der Waals surface area contributed by atoms with E-state index in [0.29, 0.717) is 6.04 Å². The summed E-state index contributed by atoms with van der Waals surface area (Å²) in [6.07, 6.45) is 4.70. The first-order chi connectivity index (χ1) is 10.6. The van der Waals surface area contributed by atoms with Crippen LogP contribution in [0.1, 0.15) is 37.9 Å². The quantitative estimate of drug-likeness (QED) is 0.851. The molecule has 2 aliphatic heterocycles. The van der Waals surface area contributed by atoms with Crippen molar-refractivity contribution >= 4 is 16.7 Å². The van der Waals surface area contributed by atoms with Crippen molar-refractivity contribution in [3.05, 3.63) is 23.5 Å². The highest BCUT2D eigenvalue weighted by atomic mass is 15.2. The van der Waals surface area contributed by atoms with Gasteiger partial charge < -0.3 is 9.47 Å². The molecule has 1 saturated heterocycles. The predicted octanol–water partition coefficient (Wildman–Crippen LogP) is 3.17. The summed E-state index contributed by atoms with van der Waals surface area (Å²) < 4.78 is 2.44. The summed E-state index contributed by atoms with van der Waals surface area (Å²) in [5.74, 6) is 0. The Bertz CT molecular complexity index is 695. The van der Waals surface area contributed by atoms with Crippen LogP contribution in [0.25, 0.3) is 11.0 Å². The Hall–Kier alpha value is -1.55. The Balaban J connectivity index is 1.77. The summed E-state index contributed by atoms with van der Waals surface area (Å²) in [6, 6.07) is 2.98. The summed E-state index contributed by atoms with van der Waals surface area (Å²) >= 11 is 0. The number of anilines is 1. The van der Waals surface area contributed by atoms with E-state index in [1.165, 1.54) is 53.9 Å². The zero-order valence-corrected chi connectivity index (χ0v) is 14.0. The van der Waals surface area contributed by atoms with Gasteiger partial charge in [-0.15, -0.1) is 0 Å². The van der Waals surface area contributed by atoms with Gasteiger partial charge in [-0.2, -0.15) is 0 Å². The summed E-state index contributed by atoms with van der Waals surface area (Å²) in [5.41, 5.74) is 5.37. The molecule has 4 nitrogen and oxygen atoms in total. The fourth-order valence-corrected chi connectivity index (χ4v) is 3.96. The third-order valence-corrected chi connectivity index (χ3v) is 5.44. The molecular formula is C18H26N4. The van der Waals surface area contributed by atoms with Crippen LogP contribution in [0.3, 0.4) is 0 Å². The molecule has 4 heterocycles. The number of rotatable bonds is 2. The number of fused-ring (bicyclic) bond motifs is 3. The van der Waals surface area contributed by atoms with Crippen molar-refractivity contribution in [3.63, 3.8) is 0 Å². The van der Waals surface area contributed by atoms with Gasteiger partial charge in [0, 0.05) is 49.8 Å². The Morgan fingerprint density at radius 3 is 2.59 bits per heavy atom. The van der Waals surface area contributed by atoms with Crippen LogP contribution in [-0.4, -0.2) is 40.1 Å². The van der Waals surface area contributed by atoms with E-state index < -0.39 is 0 Å². The molecule has 0 radical (unpaired) electrons. The van der Waals surface area contributed by atoms with E-state index in [2.05, 4.69) is 47.4 Å². The Morgan fingerprint density at radius 1 is 1.09 bits per heavy atom. The second-order valence-electron chi connectivity index (χ2n) is 7.05. The van der Waals surface area contributed by atoms with Gasteiger partial charge in [-0.3, -0.25) is 4.90 Å². The van der Waals surface area contributed by atoms with Gasteiger partial charge in [0.15, 0.2) is 0 Å². The summed E-state index contributed by atoms with van der Waals surface area (Å²) in [4.78, 5) is 9.87. The fraction of sp³-hybridized carbons (Fsp3) is 0.611. The maximum absolute atomic E-state index is 4.83. The van der Waals surface area contributed by atoms with E-state index >= 15 is 0 Å². The number of aryl methyl sites for hydroxylation is 1. The third kappa shape index (κ3) is 2.12. The average Bonchev–Trinajstić information content (AvgIpc) is 3.15. The fourth-order valence-electron chi connectivity index (χ4n) is 3.96. The molecule has 0 bridgehead atoms. The lowest BCUT2D eigenvalue weighted by Crippen LogP contribution is -2.38. The van der Waals surface area contributed by atoms with Crippen molar-refractivity contribution in [1.82, 2.24) is 14.5 Å². The SMILES string of the molecule is Cc1c2n(c3ncc(N4CCCC4)cc13)CCN(C(C)C)C2. The zero-order valence-electron chi connectivity index (χ0n) is 14.0. The number of hydrogen-bond acceptors (Lipinski definition) is 3. The molecule has 2 aliphatic rings. The molecule has 0 N–H and O–H groups in total. The molecule has 4 rings (SSSR count). The van der Waals surface area contributed by atoms with Crippen molar-refractivity contribution in [2.45, 2.75) is 52.7 Å². The zero-order chi connectivity index (χ0) is 15.3. The van der Waals surface area contributed by atoms with Crippen LogP contribution in [0.2, 0.25) is 0 Å². The standard InChI is InChI=1S/C18H26N4/c1-13(2)21-8-9-22-17(12-21)14(3)16-10-15(11-19-18(16)22)20-6-4-5-7-20/h10-11,13H,4-9,12H2,1-3H3. The van der Waals surface area contributed by atoms with Crippen molar-refractivity contribution in [3.8, 4) is 0 Å². The number of hydrogen-bond donors (Lipinski definition) is 0. The van der Waals surface area contributed by atoms with E-state index in [1.807, 2.05) is 0 Å². The Morgan fingerprint density at radius 2 is 1.86 bits per heavy atom. The molecule has 0 spiro atoms. The van der Waals surface area contributed by atoms with E-state index in [1.54, 1.807) is 0 Å². The highest BCUT2D eigenvalue weighted by Crippen LogP contribution is 2.31. The smallest absolute Gasteiger partial charge is 0.140 e. The van der Waals surface area contributed by atoms with Crippen LogP contribution in [0.15, 0.2) is 12.3 Å². The molecule has 2 aromatic rings. The minimum atomic E-state index is 0.610. The van der Waals surface area contributed by atoms with Crippen LogP contribution in [-0.2, 0) is 13.1 Å². The van der Waals surface area contributed by atoms with Crippen LogP contribution in [0.5, 0.6) is 0 Å². The first-order valence-electron chi connectivity index (χ1n) is 8.62. The second kappa shape index (κ2) is 5.27. The van der Waals surface area contributed by atoms with Crippen LogP contribution in [0, 0.1) is 6.92 Å². The number of aromatic nitrogens is 2. The molecule has 2 aromatic heterocycles. The van der Waals surface area contributed by atoms with E-state index in [-0.39, 0.29) is 0 Å². The maximum Gasteiger partial charge on any atom is 0.140 e. The van der Waals surface area contributed by atoms with E-state index in [9.17, 15) is 0 Å². The molecule has 22 heavy (non-hydrogen) atoms. The predicted molar refractivity (Wildman–Crippen MR) is 91.5 cm³/mol. The lowest BCUT2D eigenvalue weighted by Gasteiger charge is -2.32. The summed E-state index contributed by atoms with van der Waals surface area (Å²) in [6.45, 7) is 12.5. The number of pyridine rings is 1. The second-order valence-corrected chi connectivity index (χ2v) is 7.05. The van der Waals surface area contributed by atoms with Crippen LogP contribution < -0.4 is 4.90 Å². The van der Waals surface area contributed by atoms with Gasteiger partial charge in [0.25, 0.3) is 0 Å². The first-order valence-corrected chi connectivity index (χ1v) is 8.62. The van der Waals surface area contributed by atoms with Gasteiger partial charge in [0.2, 0.25) is 0 Å². The molecule has 118 valence electrons. The minimum Gasteiger partial charge on any atom is -0.370 e. The molecule has 0 saturated carbocycles. The summed E-state index contributed by atoms with van der Waals surface area (Å²) in [5, 5.41) is 1.35. The molecule has 0 atom stereocenters. The Labute approximate surface area is 132 Å². The van der Waals surface area contributed by atoms with Crippen LogP contribution >= 0.6 is 0 Å². The topological polar surface area (TPSA) is 24.3 Å². The molecule has 0 unspecified atom stereocenters. The highest BCUT2D eigenvalue weighted by molar-refractivity contribution is 5.85. The van der Waals surface area contributed by atoms with Crippen molar-refractivity contribution < 1.29 is 0 Å². The van der Waals surface area contributed by atoms with Gasteiger partial charge in [-0.05, 0) is 45.2 Å². The molecule has 4 heteroatoms. The van der Waals surface area contributed by atoms with E-state index in [0.717, 1.165) is 19.6 Å². The van der Waals surface area contributed by atoms with Crippen LogP contribution in [0.4, 0.5) is 5.69 Å². The minimum absolute atomic E-state index is 0.610. The maximum atomic E-state index is 4.83. The molecule has 0 amide bonds. The lowest BCUT2D eigenvalue weighted by atomic mass is 10.1. The van der Waals surface area contributed by atoms with Crippen molar-refractivity contribution in [2.24, 2.45) is 0 Å². The van der Waals surface area contributed by atoms with Gasteiger partial charge >= 0.3 is 0 Å². The Kier molecular flexibility index (Phi) is 3.37. The summed E-state index contributed by atoms with van der Waals surface area (Å²) in [7, 11) is 0. The average molecular weight is 298 g/mol. The molecular weight excluding hydrogens is 272 g/mol. The van der Waals surface area contributed by atoms with Gasteiger partial charge in [0.05, 0.1) is 11.9 Å². The third-order valence-electron chi connectivity index (χ3n) is 5.44. The van der Waals surface area contributed by atoms with Crippen molar-refractivity contribution in [1.29, 1.82) is 0 Å². The number of nitrogens with zero attached hydrogens (tertiary/aromatic N) is 4. The molecule has 1 fully saturated rings. The van der Waals surface area contributed by atoms with E-state index in [4.69, 9.17) is 4.98 Å².